The van der Waals surface area contributed by atoms with Crippen molar-refractivity contribution in [3.05, 3.63) is 55.4 Å². The molecule has 0 radical (unpaired) electrons. The van der Waals surface area contributed by atoms with Gasteiger partial charge in [0, 0.05) is 31.5 Å². The van der Waals surface area contributed by atoms with Crippen molar-refractivity contribution in [1.29, 1.82) is 0 Å². The van der Waals surface area contributed by atoms with Crippen LogP contribution in [0.15, 0.2) is 33.1 Å². The molecule has 1 aromatic heterocycles. The lowest BCUT2D eigenvalue weighted by Crippen LogP contribution is -2.41. The van der Waals surface area contributed by atoms with Crippen LogP contribution in [0.25, 0.3) is 10.9 Å². The number of aliphatic hydroxyl groups is 1. The van der Waals surface area contributed by atoms with Crippen molar-refractivity contribution in [1.82, 2.24) is 9.13 Å². The number of aromatic nitrogens is 2. The molecule has 29 heavy (non-hydrogen) atoms. The molecule has 0 aliphatic heterocycles. The van der Waals surface area contributed by atoms with Crippen LogP contribution in [0.2, 0.25) is 0 Å². The highest BCUT2D eigenvalue weighted by Gasteiger charge is 2.30. The minimum absolute atomic E-state index is 0.129. The fourth-order valence-electron chi connectivity index (χ4n) is 4.67. The Morgan fingerprint density at radius 2 is 1.76 bits per heavy atom. The van der Waals surface area contributed by atoms with Crippen molar-refractivity contribution in [3.8, 4) is 0 Å². The molecular formula is C22H24N2O5. The fraction of sp³-hybridized carbons (Fsp3) is 0.455. The molecule has 0 spiro atoms. The molecule has 7 nitrogen and oxygen atoms in total. The highest BCUT2D eigenvalue weighted by atomic mass is 16.3. The van der Waals surface area contributed by atoms with Gasteiger partial charge in [0.2, 0.25) is 0 Å². The molecule has 2 aliphatic carbocycles. The van der Waals surface area contributed by atoms with E-state index in [1.807, 2.05) is 0 Å². The SMILES string of the molecule is Cc1c(C(=O)C2=C(O)CCCC2=O)ccc2c1c(=O)n(C1CCCC1)c(=O)n2C. The number of allylic oxidation sites excluding steroid dienone is 2. The lowest BCUT2D eigenvalue weighted by atomic mass is 9.88. The maximum atomic E-state index is 13.3. The van der Waals surface area contributed by atoms with Crippen LogP contribution in [-0.4, -0.2) is 25.8 Å². The number of aliphatic hydroxyl groups excluding tert-OH is 1. The topological polar surface area (TPSA) is 98.4 Å². The minimum Gasteiger partial charge on any atom is -0.511 e. The molecule has 1 N–H and O–H groups in total. The van der Waals surface area contributed by atoms with Crippen LogP contribution in [0, 0.1) is 6.92 Å². The zero-order chi connectivity index (χ0) is 20.9. The summed E-state index contributed by atoms with van der Waals surface area (Å²) in [5, 5.41) is 10.4. The van der Waals surface area contributed by atoms with E-state index in [9.17, 15) is 24.3 Å². The normalized spacial score (nSPS) is 18.1. The molecule has 2 aliphatic rings. The van der Waals surface area contributed by atoms with E-state index >= 15 is 0 Å². The molecule has 2 aromatic rings. The minimum atomic E-state index is -0.563. The monoisotopic (exact) mass is 396 g/mol. The number of ketones is 2. The van der Waals surface area contributed by atoms with Crippen molar-refractivity contribution in [2.24, 2.45) is 7.05 Å². The number of rotatable bonds is 3. The summed E-state index contributed by atoms with van der Waals surface area (Å²) in [7, 11) is 1.62. The quantitative estimate of drug-likeness (QED) is 0.635. The molecular weight excluding hydrogens is 372 g/mol. The van der Waals surface area contributed by atoms with Gasteiger partial charge in [0.1, 0.15) is 11.3 Å². The number of carbonyl (C=O) groups excluding carboxylic acids is 2. The highest BCUT2D eigenvalue weighted by Crippen LogP contribution is 2.29. The van der Waals surface area contributed by atoms with Crippen molar-refractivity contribution >= 4 is 22.5 Å². The van der Waals surface area contributed by atoms with E-state index in [1.54, 1.807) is 20.0 Å². The first-order valence-corrected chi connectivity index (χ1v) is 10.1. The van der Waals surface area contributed by atoms with E-state index in [-0.39, 0.29) is 40.8 Å². The molecule has 1 saturated carbocycles. The zero-order valence-electron chi connectivity index (χ0n) is 16.7. The summed E-state index contributed by atoms with van der Waals surface area (Å²) >= 11 is 0. The van der Waals surface area contributed by atoms with Gasteiger partial charge in [-0.05, 0) is 43.9 Å². The van der Waals surface area contributed by atoms with Gasteiger partial charge in [-0.2, -0.15) is 0 Å². The molecule has 1 heterocycles. The smallest absolute Gasteiger partial charge is 0.331 e. The molecule has 7 heteroatoms. The third-order valence-corrected chi connectivity index (χ3v) is 6.28. The Labute approximate surface area is 167 Å². The van der Waals surface area contributed by atoms with Crippen LogP contribution in [0.1, 0.15) is 66.9 Å². The Morgan fingerprint density at radius 3 is 2.41 bits per heavy atom. The van der Waals surface area contributed by atoms with Gasteiger partial charge in [-0.15, -0.1) is 0 Å². The van der Waals surface area contributed by atoms with Crippen molar-refractivity contribution in [3.63, 3.8) is 0 Å². The lowest BCUT2D eigenvalue weighted by Gasteiger charge is -2.19. The summed E-state index contributed by atoms with van der Waals surface area (Å²) in [6.45, 7) is 1.66. The second-order valence-corrected chi connectivity index (χ2v) is 8.01. The summed E-state index contributed by atoms with van der Waals surface area (Å²) in [5.74, 6) is -1.12. The Balaban J connectivity index is 1.96. The van der Waals surface area contributed by atoms with E-state index in [4.69, 9.17) is 0 Å². The molecule has 0 amide bonds. The number of carbonyl (C=O) groups is 2. The standard InChI is InChI=1S/C22H24N2O5/c1-12-14(20(27)19-16(25)8-5-9-17(19)26)10-11-15-18(12)21(28)24(22(29)23(15)2)13-6-3-4-7-13/h10-11,13,25H,3-9H2,1-2H3. The number of aryl methyl sites for hydroxylation is 2. The summed E-state index contributed by atoms with van der Waals surface area (Å²) in [6, 6.07) is 2.97. The molecule has 1 aromatic carbocycles. The van der Waals surface area contributed by atoms with Gasteiger partial charge in [-0.25, -0.2) is 4.79 Å². The van der Waals surface area contributed by atoms with Gasteiger partial charge in [-0.1, -0.05) is 12.8 Å². The second-order valence-electron chi connectivity index (χ2n) is 8.01. The number of benzene rings is 1. The molecule has 152 valence electrons. The molecule has 0 bridgehead atoms. The van der Waals surface area contributed by atoms with Gasteiger partial charge in [0.25, 0.3) is 5.56 Å². The average Bonchev–Trinajstić information content (AvgIpc) is 3.20. The Morgan fingerprint density at radius 1 is 1.07 bits per heavy atom. The Bertz CT molecular complexity index is 1190. The number of fused-ring (bicyclic) bond motifs is 1. The summed E-state index contributed by atoms with van der Waals surface area (Å²) in [6.07, 6.45) is 4.56. The first-order chi connectivity index (χ1) is 13.8. The maximum Gasteiger partial charge on any atom is 0.331 e. The van der Waals surface area contributed by atoms with E-state index in [1.165, 1.54) is 15.2 Å². The largest absolute Gasteiger partial charge is 0.511 e. The maximum absolute atomic E-state index is 13.3. The number of hydrogen-bond acceptors (Lipinski definition) is 5. The lowest BCUT2D eigenvalue weighted by molar-refractivity contribution is -0.116. The van der Waals surface area contributed by atoms with E-state index < -0.39 is 11.3 Å². The van der Waals surface area contributed by atoms with Crippen molar-refractivity contribution in [2.45, 2.75) is 57.9 Å². The summed E-state index contributed by atoms with van der Waals surface area (Å²) < 4.78 is 2.76. The summed E-state index contributed by atoms with van der Waals surface area (Å²) in [5.41, 5.74) is 0.170. The predicted molar refractivity (Wildman–Crippen MR) is 109 cm³/mol. The van der Waals surface area contributed by atoms with E-state index in [0.29, 0.717) is 29.3 Å². The van der Waals surface area contributed by atoms with Crippen LogP contribution < -0.4 is 11.2 Å². The van der Waals surface area contributed by atoms with Crippen LogP contribution in [0.4, 0.5) is 0 Å². The van der Waals surface area contributed by atoms with Crippen LogP contribution in [-0.2, 0) is 11.8 Å². The molecule has 1 fully saturated rings. The van der Waals surface area contributed by atoms with Crippen molar-refractivity contribution in [2.75, 3.05) is 0 Å². The Kier molecular flexibility index (Phi) is 4.76. The van der Waals surface area contributed by atoms with Gasteiger partial charge in [0.05, 0.1) is 10.9 Å². The van der Waals surface area contributed by atoms with E-state index in [2.05, 4.69) is 0 Å². The molecule has 0 unspecified atom stereocenters. The van der Waals surface area contributed by atoms with Gasteiger partial charge in [0.15, 0.2) is 11.6 Å². The average molecular weight is 396 g/mol. The number of Topliss-reactive ketones (excluding diaryl/α,β-unsaturated/α-hetero) is 2. The van der Waals surface area contributed by atoms with Gasteiger partial charge >= 0.3 is 5.69 Å². The number of nitrogens with zero attached hydrogens (tertiary/aromatic N) is 2. The van der Waals surface area contributed by atoms with E-state index in [0.717, 1.165) is 25.7 Å². The van der Waals surface area contributed by atoms with Crippen LogP contribution in [0.5, 0.6) is 0 Å². The predicted octanol–water partition coefficient (Wildman–Crippen LogP) is 2.87. The Hall–Kier alpha value is -2.96. The second kappa shape index (κ2) is 7.13. The third kappa shape index (κ3) is 2.96. The van der Waals surface area contributed by atoms with Crippen molar-refractivity contribution < 1.29 is 14.7 Å². The van der Waals surface area contributed by atoms with Gasteiger partial charge in [-0.3, -0.25) is 23.5 Å². The van der Waals surface area contributed by atoms with Gasteiger partial charge < -0.3 is 5.11 Å². The third-order valence-electron chi connectivity index (χ3n) is 6.28. The molecule has 0 atom stereocenters. The summed E-state index contributed by atoms with van der Waals surface area (Å²) in [4.78, 5) is 51.4. The highest BCUT2D eigenvalue weighted by molar-refractivity contribution is 6.27. The zero-order valence-corrected chi connectivity index (χ0v) is 16.7. The van der Waals surface area contributed by atoms with Crippen LogP contribution >= 0.6 is 0 Å². The first kappa shape index (κ1) is 19.4. The molecule has 0 saturated heterocycles. The number of hydrogen-bond donors (Lipinski definition) is 1. The fourth-order valence-corrected chi connectivity index (χ4v) is 4.67. The molecule has 4 rings (SSSR count). The first-order valence-electron chi connectivity index (χ1n) is 10.1. The van der Waals surface area contributed by atoms with Crippen LogP contribution in [0.3, 0.4) is 0 Å².